The summed E-state index contributed by atoms with van der Waals surface area (Å²) >= 11 is 0. The van der Waals surface area contributed by atoms with Gasteiger partial charge in [-0.3, -0.25) is 0 Å². The van der Waals surface area contributed by atoms with Crippen molar-refractivity contribution in [3.05, 3.63) is 120 Å². The topological polar surface area (TPSA) is 63.6 Å². The van der Waals surface area contributed by atoms with Crippen LogP contribution < -0.4 is 39.5 Å². The van der Waals surface area contributed by atoms with Gasteiger partial charge < -0.3 is 21.3 Å². The maximum Gasteiger partial charge on any atom is 0.168 e. The molecule has 4 aromatic heterocycles. The van der Waals surface area contributed by atoms with E-state index in [0.717, 1.165) is 0 Å². The summed E-state index contributed by atoms with van der Waals surface area (Å²) < 4.78 is 8.72. The van der Waals surface area contributed by atoms with Crippen LogP contribution in [0.25, 0.3) is 0 Å². The first kappa shape index (κ1) is 34.2. The third kappa shape index (κ3) is 6.61. The molecular weight excluding hydrogens is 641 g/mol. The zero-order chi connectivity index (χ0) is 35.3. The molecule has 0 amide bonds. The molecule has 5 saturated heterocycles. The first-order valence-electron chi connectivity index (χ1n) is 20.2. The number of hydrogen-bond acceptors (Lipinski definition) is 4. The van der Waals surface area contributed by atoms with E-state index >= 15 is 0 Å². The molecule has 9 rings (SSSR count). The largest absolute Gasteiger partial charge is 0.310 e. The van der Waals surface area contributed by atoms with Gasteiger partial charge in [-0.25, -0.2) is 18.3 Å². The first-order chi connectivity index (χ1) is 25.4. The second-order valence-corrected chi connectivity index (χ2v) is 17.1. The Kier molecular flexibility index (Phi) is 9.44. The normalized spacial score (nSPS) is 35.9. The Morgan fingerprint density at radius 1 is 0.308 bits per heavy atom. The second-order valence-electron chi connectivity index (χ2n) is 17.1. The van der Waals surface area contributed by atoms with Gasteiger partial charge in [0.25, 0.3) is 0 Å². The summed E-state index contributed by atoms with van der Waals surface area (Å²) in [5.41, 5.74) is 5.89. The lowest BCUT2D eigenvalue weighted by molar-refractivity contribution is -0.671. The van der Waals surface area contributed by atoms with Gasteiger partial charge in [-0.05, 0) is 73.6 Å². The number of pyridine rings is 4. The van der Waals surface area contributed by atoms with Crippen LogP contribution in [0.15, 0.2) is 98.1 Å². The maximum absolute atomic E-state index is 4.38. The highest BCUT2D eigenvalue weighted by atomic mass is 15.1. The number of nitrogens with zero attached hydrogens (tertiary/aromatic N) is 4. The van der Waals surface area contributed by atoms with E-state index in [2.05, 4.69) is 166 Å². The van der Waals surface area contributed by atoms with E-state index in [1.165, 1.54) is 73.6 Å². The van der Waals surface area contributed by atoms with Crippen LogP contribution >= 0.6 is 0 Å². The zero-order valence-electron chi connectivity index (χ0n) is 31.6. The summed E-state index contributed by atoms with van der Waals surface area (Å²) in [6.07, 6.45) is 27.7. The van der Waals surface area contributed by atoms with Gasteiger partial charge in [-0.15, -0.1) is 0 Å². The molecule has 8 atom stereocenters. The minimum atomic E-state index is 0.421. The van der Waals surface area contributed by atoms with Gasteiger partial charge >= 0.3 is 0 Å². The number of hydrogen-bond donors (Lipinski definition) is 4. The van der Waals surface area contributed by atoms with Crippen molar-refractivity contribution in [3.63, 3.8) is 0 Å². The van der Waals surface area contributed by atoms with Crippen LogP contribution in [0.3, 0.4) is 0 Å². The van der Waals surface area contributed by atoms with Gasteiger partial charge in [-0.2, -0.15) is 0 Å². The monoisotopic (exact) mass is 700 g/mol. The SMILES string of the molecule is C[n+]1ccc(C2C3CCC(N3)C(c3cc[n+](C)cc3)C3CCC(N3)C(c3cc[n+](C)cc3)C3CCC(N3)C(c3cc[n+](C)cc3)C3CCC2N3)cc1. The number of fused-ring (bicyclic) bond motifs is 8. The fourth-order valence-electron chi connectivity index (χ4n) is 11.4. The summed E-state index contributed by atoms with van der Waals surface area (Å²) in [6, 6.07) is 22.6. The van der Waals surface area contributed by atoms with Crippen molar-refractivity contribution in [1.82, 2.24) is 21.3 Å². The van der Waals surface area contributed by atoms with Gasteiger partial charge in [0, 0.05) is 121 Å². The fraction of sp³-hybridized carbons (Fsp3) is 0.545. The van der Waals surface area contributed by atoms with Gasteiger partial charge in [0.2, 0.25) is 0 Å². The van der Waals surface area contributed by atoms with E-state index < -0.39 is 0 Å². The molecule has 272 valence electrons. The Morgan fingerprint density at radius 2 is 0.462 bits per heavy atom. The van der Waals surface area contributed by atoms with Gasteiger partial charge in [0.05, 0.1) is 0 Å². The highest BCUT2D eigenvalue weighted by Crippen LogP contribution is 2.45. The molecule has 0 spiro atoms. The minimum Gasteiger partial charge on any atom is -0.310 e. The molecule has 0 aromatic carbocycles. The molecular formula is C44H60N8+4. The van der Waals surface area contributed by atoms with Crippen LogP contribution in [-0.2, 0) is 28.2 Å². The average molecular weight is 701 g/mol. The molecule has 9 heterocycles. The van der Waals surface area contributed by atoms with Crippen LogP contribution in [-0.4, -0.2) is 48.3 Å². The van der Waals surface area contributed by atoms with Crippen molar-refractivity contribution in [2.45, 2.75) is 123 Å². The van der Waals surface area contributed by atoms with Crippen molar-refractivity contribution < 1.29 is 18.3 Å². The first-order valence-corrected chi connectivity index (χ1v) is 20.2. The molecule has 0 radical (unpaired) electrons. The molecule has 8 bridgehead atoms. The minimum absolute atomic E-state index is 0.421. The summed E-state index contributed by atoms with van der Waals surface area (Å²) in [4.78, 5) is 0. The molecule has 8 unspecified atom stereocenters. The lowest BCUT2D eigenvalue weighted by Gasteiger charge is -2.37. The van der Waals surface area contributed by atoms with Crippen LogP contribution in [0, 0.1) is 0 Å². The Hall–Kier alpha value is -3.56. The summed E-state index contributed by atoms with van der Waals surface area (Å²) in [7, 11) is 8.55. The van der Waals surface area contributed by atoms with Crippen LogP contribution in [0.1, 0.15) is 97.3 Å². The molecule has 4 N–H and O–H groups in total. The number of nitrogens with one attached hydrogen (secondary N) is 4. The zero-order valence-corrected chi connectivity index (χ0v) is 31.6. The van der Waals surface area contributed by atoms with Crippen LogP contribution in [0.2, 0.25) is 0 Å². The van der Waals surface area contributed by atoms with E-state index in [-0.39, 0.29) is 0 Å². The average Bonchev–Trinajstić information content (AvgIpc) is 3.99. The van der Waals surface area contributed by atoms with E-state index in [9.17, 15) is 0 Å². The lowest BCUT2D eigenvalue weighted by atomic mass is 9.83. The third-order valence-corrected chi connectivity index (χ3v) is 13.9. The predicted molar refractivity (Wildman–Crippen MR) is 201 cm³/mol. The molecule has 5 aliphatic heterocycles. The molecule has 4 aromatic rings. The Labute approximate surface area is 310 Å². The van der Waals surface area contributed by atoms with E-state index in [4.69, 9.17) is 0 Å². The lowest BCUT2D eigenvalue weighted by Crippen LogP contribution is -2.52. The molecule has 52 heavy (non-hydrogen) atoms. The van der Waals surface area contributed by atoms with Gasteiger partial charge in [0.15, 0.2) is 49.6 Å². The summed E-state index contributed by atoms with van der Waals surface area (Å²) in [6.45, 7) is 0. The van der Waals surface area contributed by atoms with Gasteiger partial charge in [0.1, 0.15) is 28.2 Å². The van der Waals surface area contributed by atoms with E-state index in [1.807, 2.05) is 0 Å². The molecule has 5 aliphatic rings. The van der Waals surface area contributed by atoms with Crippen molar-refractivity contribution in [1.29, 1.82) is 0 Å². The Morgan fingerprint density at radius 3 is 0.615 bits per heavy atom. The van der Waals surface area contributed by atoms with Crippen LogP contribution in [0.4, 0.5) is 0 Å². The number of aryl methyl sites for hydroxylation is 4. The quantitative estimate of drug-likeness (QED) is 0.248. The van der Waals surface area contributed by atoms with Crippen LogP contribution in [0.5, 0.6) is 0 Å². The van der Waals surface area contributed by atoms with Crippen molar-refractivity contribution in [2.24, 2.45) is 28.2 Å². The van der Waals surface area contributed by atoms with Crippen molar-refractivity contribution in [2.75, 3.05) is 0 Å². The molecule has 5 fully saturated rings. The Balaban J connectivity index is 1.14. The molecule has 0 aliphatic carbocycles. The molecule has 0 saturated carbocycles. The van der Waals surface area contributed by atoms with E-state index in [1.54, 1.807) is 0 Å². The van der Waals surface area contributed by atoms with Gasteiger partial charge in [-0.1, -0.05) is 0 Å². The fourth-order valence-corrected chi connectivity index (χ4v) is 11.4. The highest BCUT2D eigenvalue weighted by Gasteiger charge is 2.49. The maximum atomic E-state index is 4.38. The standard InChI is InChI=1S/C44H60N8/c1-49-21-13-29(14-22-49)41-33-5-7-35(45-33)42(30-15-23-50(2)24-16-30)37-9-11-39(47-37)44(32-19-27-52(4)28-20-32)40-12-10-38(48-40)43(36-8-6-34(41)46-36)31-17-25-51(3)26-18-31/h13-28,33-48H,5-12H2,1-4H3/q+4. The molecule has 8 heteroatoms. The number of aromatic nitrogens is 4. The summed E-state index contributed by atoms with van der Waals surface area (Å²) in [5, 5.41) is 17.5. The number of rotatable bonds is 4. The molecule has 8 nitrogen and oxygen atoms in total. The van der Waals surface area contributed by atoms with Crippen molar-refractivity contribution >= 4 is 0 Å². The van der Waals surface area contributed by atoms with Crippen molar-refractivity contribution in [3.8, 4) is 0 Å². The smallest absolute Gasteiger partial charge is 0.168 e. The second kappa shape index (κ2) is 14.3. The predicted octanol–water partition coefficient (Wildman–Crippen LogP) is 2.92. The Bertz CT molecular complexity index is 1500. The highest BCUT2D eigenvalue weighted by molar-refractivity contribution is 5.30. The van der Waals surface area contributed by atoms with E-state index in [0.29, 0.717) is 72.0 Å². The third-order valence-electron chi connectivity index (χ3n) is 13.9. The summed E-state index contributed by atoms with van der Waals surface area (Å²) in [5.74, 6) is 1.68.